The SMILES string of the molecule is CC[C@H](C)[C@@H]1NC(=O)[C@H](CC(C)C)N(C)C(=O)C[C@@H](C(=O)N2CCOCC2)N(C)C(=O)[C@H]([C@@H](C)CC)N(C)C(=O)C2(CCCC2)NC(=O)[C@@H]2CCCN2C(=O)[C@H](CCC2CCC(C(F)(F)F)C(F)C2)NC(=O)CN(C)C(=O)[C@H](C2CCCC2)N(C)C(=O)[C@@H]2CCN2C(=O)[C@H](C)N(C)C1=O. The first kappa shape index (κ1) is 79.6. The summed E-state index contributed by atoms with van der Waals surface area (Å²) >= 11 is 0. The van der Waals surface area contributed by atoms with Crippen LogP contribution in [0.5, 0.6) is 0 Å². The van der Waals surface area contributed by atoms with E-state index in [1.807, 2.05) is 27.7 Å². The van der Waals surface area contributed by atoms with E-state index in [4.69, 9.17) is 4.74 Å². The average Bonchev–Trinajstić information content (AvgIpc) is 1.71. The molecule has 3 aliphatic carbocycles. The van der Waals surface area contributed by atoms with Crippen LogP contribution in [0, 0.1) is 35.5 Å². The zero-order chi connectivity index (χ0) is 73.3. The Kier molecular flexibility index (Phi) is 27.6. The molecule has 7 rings (SSSR count). The molecule has 14 atom stereocenters. The summed E-state index contributed by atoms with van der Waals surface area (Å²) in [6.07, 6.45) is -3.18. The summed E-state index contributed by atoms with van der Waals surface area (Å²) in [4.78, 5) is 191. The number of alkyl halides is 4. The number of halogens is 4. The Morgan fingerprint density at radius 1 is 0.626 bits per heavy atom. The topological polar surface area (TPSA) is 279 Å². The first-order valence-corrected chi connectivity index (χ1v) is 36.3. The molecule has 12 amide bonds. The lowest BCUT2D eigenvalue weighted by Gasteiger charge is -2.45. The number of hydrogen-bond donors (Lipinski definition) is 3. The molecule has 3 N–H and O–H groups in total. The van der Waals surface area contributed by atoms with Gasteiger partial charge in [-0.25, -0.2) is 4.39 Å². The predicted octanol–water partition coefficient (Wildman–Crippen LogP) is 4.28. The number of carbonyl (C=O) groups is 12. The van der Waals surface area contributed by atoms with Gasteiger partial charge in [0, 0.05) is 68.5 Å². The minimum absolute atomic E-state index is 0.00382. The lowest BCUT2D eigenvalue weighted by Crippen LogP contribution is -2.65. The molecule has 7 aliphatic rings. The van der Waals surface area contributed by atoms with Gasteiger partial charge in [-0.1, -0.05) is 80.1 Å². The maximum atomic E-state index is 15.5. The minimum atomic E-state index is -4.75. The molecule has 0 bridgehead atoms. The van der Waals surface area contributed by atoms with Gasteiger partial charge in [0.1, 0.15) is 66.1 Å². The molecule has 0 aromatic carbocycles. The first-order chi connectivity index (χ1) is 46.6. The highest BCUT2D eigenvalue weighted by molar-refractivity contribution is 6.01. The second-order valence-electron chi connectivity index (χ2n) is 30.0. The molecule has 4 heterocycles. The third-order valence-electron chi connectivity index (χ3n) is 23.0. The van der Waals surface area contributed by atoms with E-state index in [2.05, 4.69) is 16.0 Å². The molecule has 1 spiro atoms. The van der Waals surface area contributed by atoms with Crippen LogP contribution in [0.4, 0.5) is 17.6 Å². The van der Waals surface area contributed by atoms with Crippen LogP contribution in [0.2, 0.25) is 0 Å². The van der Waals surface area contributed by atoms with Crippen molar-refractivity contribution >= 4 is 70.9 Å². The lowest BCUT2D eigenvalue weighted by atomic mass is 9.78. The summed E-state index contributed by atoms with van der Waals surface area (Å²) in [5, 5.41) is 8.71. The van der Waals surface area contributed by atoms with Crippen molar-refractivity contribution in [2.24, 2.45) is 35.5 Å². The number of amides is 12. The molecular formula is C70H112F4N12O13. The number of nitrogens with zero attached hydrogens (tertiary/aromatic N) is 9. The number of carbonyl (C=O) groups excluding carboxylic acids is 12. The molecule has 558 valence electrons. The fourth-order valence-electron chi connectivity index (χ4n) is 16.0. The van der Waals surface area contributed by atoms with E-state index >= 15 is 28.4 Å². The van der Waals surface area contributed by atoms with Crippen molar-refractivity contribution in [1.29, 1.82) is 0 Å². The second kappa shape index (κ2) is 34.3. The monoisotopic (exact) mass is 1400 g/mol. The van der Waals surface area contributed by atoms with Crippen molar-refractivity contribution < 1.29 is 79.8 Å². The number of fused-ring (bicyclic) bond motifs is 2. The Balaban J connectivity index is 1.28. The second-order valence-corrected chi connectivity index (χ2v) is 30.0. The van der Waals surface area contributed by atoms with Crippen LogP contribution in [0.25, 0.3) is 0 Å². The normalized spacial score (nSPS) is 31.3. The van der Waals surface area contributed by atoms with Gasteiger partial charge in [0.05, 0.1) is 32.1 Å². The predicted molar refractivity (Wildman–Crippen MR) is 358 cm³/mol. The minimum Gasteiger partial charge on any atom is -0.378 e. The fraction of sp³-hybridized carbons (Fsp3) is 0.829. The summed E-state index contributed by atoms with van der Waals surface area (Å²) in [7, 11) is 8.53. The Hall–Kier alpha value is -6.68. The van der Waals surface area contributed by atoms with Gasteiger partial charge in [0.2, 0.25) is 70.9 Å². The van der Waals surface area contributed by atoms with Crippen molar-refractivity contribution in [1.82, 2.24) is 60.0 Å². The van der Waals surface area contributed by atoms with Gasteiger partial charge in [-0.3, -0.25) is 57.5 Å². The highest BCUT2D eigenvalue weighted by Gasteiger charge is 2.53. The molecule has 3 unspecified atom stereocenters. The molecule has 0 radical (unpaired) electrons. The highest BCUT2D eigenvalue weighted by atomic mass is 19.4. The largest absolute Gasteiger partial charge is 0.394 e. The maximum Gasteiger partial charge on any atom is 0.394 e. The summed E-state index contributed by atoms with van der Waals surface area (Å²) in [6, 6.07) is -11.1. The molecule has 25 nitrogen and oxygen atoms in total. The van der Waals surface area contributed by atoms with Crippen LogP contribution in [0.15, 0.2) is 0 Å². The van der Waals surface area contributed by atoms with Crippen LogP contribution in [-0.2, 0) is 62.3 Å². The number of ether oxygens (including phenoxy) is 1. The van der Waals surface area contributed by atoms with E-state index in [1.165, 1.54) is 88.4 Å². The molecule has 4 saturated heterocycles. The number of likely N-dealkylation sites (N-methyl/N-ethyl adjacent to an activating group) is 6. The smallest absolute Gasteiger partial charge is 0.378 e. The van der Waals surface area contributed by atoms with E-state index < -0.39 is 193 Å². The van der Waals surface area contributed by atoms with Crippen LogP contribution in [-0.4, -0.2) is 275 Å². The van der Waals surface area contributed by atoms with E-state index in [1.54, 1.807) is 13.8 Å². The zero-order valence-electron chi connectivity index (χ0n) is 60.7. The van der Waals surface area contributed by atoms with Crippen molar-refractivity contribution in [3.05, 3.63) is 0 Å². The Labute approximate surface area is 581 Å². The highest BCUT2D eigenvalue weighted by Crippen LogP contribution is 2.43. The number of hydrogen-bond acceptors (Lipinski definition) is 13. The first-order valence-electron chi connectivity index (χ1n) is 36.3. The van der Waals surface area contributed by atoms with Crippen molar-refractivity contribution in [2.75, 3.05) is 88.2 Å². The van der Waals surface area contributed by atoms with Gasteiger partial charge < -0.3 is 64.8 Å². The fourth-order valence-corrected chi connectivity index (χ4v) is 16.0. The molecule has 29 heteroatoms. The number of morpholine rings is 1. The molecule has 3 saturated carbocycles. The lowest BCUT2D eigenvalue weighted by molar-refractivity contribution is -0.201. The number of rotatable bonds is 11. The average molecular weight is 1410 g/mol. The zero-order valence-corrected chi connectivity index (χ0v) is 60.7. The third kappa shape index (κ3) is 18.3. The van der Waals surface area contributed by atoms with E-state index in [0.717, 1.165) is 17.7 Å². The summed E-state index contributed by atoms with van der Waals surface area (Å²) in [5.41, 5.74) is -1.60. The molecule has 4 aliphatic heterocycles. The third-order valence-corrected chi connectivity index (χ3v) is 23.0. The summed E-state index contributed by atoms with van der Waals surface area (Å²) in [6.45, 7) is 12.6. The van der Waals surface area contributed by atoms with Gasteiger partial charge >= 0.3 is 6.18 Å². The quantitative estimate of drug-likeness (QED) is 0.244. The van der Waals surface area contributed by atoms with Gasteiger partial charge in [0.15, 0.2) is 0 Å². The molecule has 99 heavy (non-hydrogen) atoms. The van der Waals surface area contributed by atoms with Gasteiger partial charge in [-0.05, 0) is 120 Å². The molecule has 0 aromatic rings. The van der Waals surface area contributed by atoms with Crippen molar-refractivity contribution in [3.63, 3.8) is 0 Å². The number of nitrogens with one attached hydrogen (secondary N) is 3. The standard InChI is InChI=1S/C70H112F4N12O13/c1-14-42(5)56-65(95)79(9)44(7)61(91)86-32-28-51(86)63(93)82(12)58(46-21-16-17-22-46)66(96)78(8)40-54(87)75-49(27-25-45-24-26-47(48(71)38-45)70(72,73)74)62(92)85-31-20-23-50(85)60(90)77-69(29-18-19-30-69)68(98)83(13)57(43(6)15-2)67(97)81(11)53(64(94)84-33-35-99-36-34-84)39-55(88)80(10)52(37-41(3)4)59(89)76-56/h41-53,56-58H,14-40H2,1-13H3,(H,75,87)(H,76,89)(H,77,90)/t42-,43-,44-,45?,47?,48?,49-,50-,51-,52-,53-,56-,57-,58-/m0/s1. The van der Waals surface area contributed by atoms with Crippen molar-refractivity contribution in [3.8, 4) is 0 Å². The summed E-state index contributed by atoms with van der Waals surface area (Å²) in [5.74, 6) is -12.2. The Morgan fingerprint density at radius 2 is 1.25 bits per heavy atom. The Morgan fingerprint density at radius 3 is 1.83 bits per heavy atom. The van der Waals surface area contributed by atoms with Gasteiger partial charge in [-0.15, -0.1) is 0 Å². The van der Waals surface area contributed by atoms with Crippen LogP contribution in [0.3, 0.4) is 0 Å². The van der Waals surface area contributed by atoms with Crippen LogP contribution >= 0.6 is 0 Å². The van der Waals surface area contributed by atoms with Gasteiger partial charge in [0.25, 0.3) is 0 Å². The molecule has 0 aromatic heterocycles. The van der Waals surface area contributed by atoms with E-state index in [0.29, 0.717) is 44.9 Å². The van der Waals surface area contributed by atoms with Gasteiger partial charge in [-0.2, -0.15) is 13.2 Å². The van der Waals surface area contributed by atoms with E-state index in [-0.39, 0.29) is 103 Å². The Bertz CT molecular complexity index is 2930. The van der Waals surface area contributed by atoms with Crippen molar-refractivity contribution in [2.45, 2.75) is 249 Å². The molecular weight excluding hydrogens is 1290 g/mol. The van der Waals surface area contributed by atoms with Crippen LogP contribution < -0.4 is 16.0 Å². The summed E-state index contributed by atoms with van der Waals surface area (Å²) < 4.78 is 62.4. The van der Waals surface area contributed by atoms with E-state index in [9.17, 15) is 46.7 Å². The van der Waals surface area contributed by atoms with Crippen LogP contribution in [0.1, 0.15) is 177 Å². The molecule has 7 fully saturated rings. The maximum absolute atomic E-state index is 15.5.